The van der Waals surface area contributed by atoms with Crippen molar-refractivity contribution in [1.29, 1.82) is 0 Å². The molecule has 1 heterocycles. The Kier molecular flexibility index (Phi) is 4.24. The van der Waals surface area contributed by atoms with E-state index in [4.69, 9.17) is 4.74 Å². The molecule has 1 aromatic heterocycles. The fourth-order valence-electron chi connectivity index (χ4n) is 1.74. The Morgan fingerprint density at radius 1 is 1.45 bits per heavy atom. The summed E-state index contributed by atoms with van der Waals surface area (Å²) in [5.74, 6) is 0.767. The Labute approximate surface area is 115 Å². The fraction of sp³-hybridized carbons (Fsp3) is 0.417. The first kappa shape index (κ1) is 13.9. The second-order valence-corrected chi connectivity index (χ2v) is 4.34. The Morgan fingerprint density at radius 2 is 2.25 bits per heavy atom. The van der Waals surface area contributed by atoms with E-state index in [-0.39, 0.29) is 18.0 Å². The molecule has 1 aromatic carbocycles. The van der Waals surface area contributed by atoms with Gasteiger partial charge in [-0.1, -0.05) is 13.0 Å². The molecule has 0 bridgehead atoms. The monoisotopic (exact) mass is 277 g/mol. The van der Waals surface area contributed by atoms with E-state index in [0.717, 1.165) is 12.0 Å². The molecule has 0 saturated heterocycles. The maximum Gasteiger partial charge on any atom is 0.310 e. The van der Waals surface area contributed by atoms with Gasteiger partial charge in [0, 0.05) is 12.6 Å². The lowest BCUT2D eigenvalue weighted by atomic mass is 10.2. The molecule has 0 saturated carbocycles. The molecule has 2 aromatic rings. The molecule has 0 unspecified atom stereocenters. The molecular formula is C12H15N5O3. The van der Waals surface area contributed by atoms with E-state index in [1.165, 1.54) is 6.07 Å². The normalized spacial score (nSPS) is 10.5. The number of ether oxygens (including phenoxy) is 1. The topological polar surface area (TPSA) is 96.0 Å². The average molecular weight is 277 g/mol. The van der Waals surface area contributed by atoms with Gasteiger partial charge in [0.25, 0.3) is 0 Å². The van der Waals surface area contributed by atoms with Gasteiger partial charge in [-0.05, 0) is 35.4 Å². The van der Waals surface area contributed by atoms with Crippen molar-refractivity contribution < 1.29 is 9.66 Å². The highest BCUT2D eigenvalue weighted by molar-refractivity contribution is 5.48. The first-order chi connectivity index (χ1) is 9.61. The second-order valence-electron chi connectivity index (χ2n) is 4.34. The predicted octanol–water partition coefficient (Wildman–Crippen LogP) is 1.88. The number of tetrazole rings is 1. The summed E-state index contributed by atoms with van der Waals surface area (Å²) in [5, 5.41) is 22.2. The summed E-state index contributed by atoms with van der Waals surface area (Å²) < 4.78 is 7.13. The zero-order valence-electron chi connectivity index (χ0n) is 11.3. The van der Waals surface area contributed by atoms with Gasteiger partial charge in [0.05, 0.1) is 4.92 Å². The van der Waals surface area contributed by atoms with Crippen molar-refractivity contribution in [2.24, 2.45) is 0 Å². The highest BCUT2D eigenvalue weighted by atomic mass is 16.6. The molecule has 0 fully saturated rings. The smallest absolute Gasteiger partial charge is 0.310 e. The molecule has 0 spiro atoms. The van der Waals surface area contributed by atoms with Gasteiger partial charge in [-0.3, -0.25) is 10.1 Å². The number of nitro benzene ring substituents is 1. The zero-order valence-corrected chi connectivity index (χ0v) is 11.3. The molecule has 0 atom stereocenters. The summed E-state index contributed by atoms with van der Waals surface area (Å²) in [6.07, 6.45) is 0.892. The van der Waals surface area contributed by atoms with Gasteiger partial charge in [-0.25, -0.2) is 4.68 Å². The van der Waals surface area contributed by atoms with E-state index in [2.05, 4.69) is 15.5 Å². The van der Waals surface area contributed by atoms with Gasteiger partial charge in [0.2, 0.25) is 0 Å². The molecule has 20 heavy (non-hydrogen) atoms. The number of nitro groups is 1. The summed E-state index contributed by atoms with van der Waals surface area (Å²) in [4.78, 5) is 10.5. The van der Waals surface area contributed by atoms with Crippen LogP contribution in [0.2, 0.25) is 0 Å². The van der Waals surface area contributed by atoms with E-state index in [1.807, 2.05) is 13.8 Å². The quantitative estimate of drug-likeness (QED) is 0.590. The third-order valence-electron chi connectivity index (χ3n) is 2.71. The van der Waals surface area contributed by atoms with E-state index in [0.29, 0.717) is 12.4 Å². The highest BCUT2D eigenvalue weighted by Gasteiger charge is 2.16. The number of hydrogen-bond acceptors (Lipinski definition) is 6. The summed E-state index contributed by atoms with van der Waals surface area (Å²) in [6.45, 7) is 4.63. The molecule has 0 amide bonds. The molecule has 106 valence electrons. The highest BCUT2D eigenvalue weighted by Crippen LogP contribution is 2.28. The van der Waals surface area contributed by atoms with Crippen LogP contribution in [0.15, 0.2) is 18.2 Å². The van der Waals surface area contributed by atoms with Crippen LogP contribution < -0.4 is 4.74 Å². The maximum absolute atomic E-state index is 10.9. The number of hydrogen-bond donors (Lipinski definition) is 0. The lowest BCUT2D eigenvalue weighted by molar-refractivity contribution is -0.386. The van der Waals surface area contributed by atoms with Crippen molar-refractivity contribution in [3.05, 3.63) is 39.7 Å². The van der Waals surface area contributed by atoms with Crippen molar-refractivity contribution in [3.8, 4) is 5.75 Å². The first-order valence-corrected chi connectivity index (χ1v) is 6.24. The van der Waals surface area contributed by atoms with Crippen LogP contribution in [0.4, 0.5) is 5.69 Å². The minimum absolute atomic E-state index is 0.0647. The summed E-state index contributed by atoms with van der Waals surface area (Å²) >= 11 is 0. The molecule has 8 nitrogen and oxygen atoms in total. The third-order valence-corrected chi connectivity index (χ3v) is 2.71. The van der Waals surface area contributed by atoms with Crippen molar-refractivity contribution >= 4 is 5.69 Å². The lowest BCUT2D eigenvalue weighted by Crippen LogP contribution is -2.09. The van der Waals surface area contributed by atoms with Gasteiger partial charge >= 0.3 is 5.69 Å². The fourth-order valence-corrected chi connectivity index (χ4v) is 1.74. The molecule has 0 N–H and O–H groups in total. The molecular weight excluding hydrogens is 262 g/mol. The minimum Gasteiger partial charge on any atom is -0.479 e. The predicted molar refractivity (Wildman–Crippen MR) is 70.3 cm³/mol. The standard InChI is InChI=1S/C12H15N5O3/c1-3-6-16-12(13-14-15-16)8-20-11-7-9(2)4-5-10(11)17(18)19/h4-5,7H,3,6,8H2,1-2H3. The Morgan fingerprint density at radius 3 is 2.95 bits per heavy atom. The van der Waals surface area contributed by atoms with Crippen LogP contribution in [0.1, 0.15) is 24.7 Å². The largest absolute Gasteiger partial charge is 0.479 e. The second kappa shape index (κ2) is 6.09. The van der Waals surface area contributed by atoms with Gasteiger partial charge in [0.15, 0.2) is 11.6 Å². The van der Waals surface area contributed by atoms with Crippen molar-refractivity contribution in [2.75, 3.05) is 0 Å². The van der Waals surface area contributed by atoms with Crippen LogP contribution in [0.25, 0.3) is 0 Å². The van der Waals surface area contributed by atoms with Gasteiger partial charge < -0.3 is 4.74 Å². The maximum atomic E-state index is 10.9. The van der Waals surface area contributed by atoms with E-state index in [9.17, 15) is 10.1 Å². The Bertz CT molecular complexity index is 611. The number of nitrogens with zero attached hydrogens (tertiary/aromatic N) is 5. The number of aromatic nitrogens is 4. The van der Waals surface area contributed by atoms with Crippen molar-refractivity contribution in [2.45, 2.75) is 33.4 Å². The summed E-state index contributed by atoms with van der Waals surface area (Å²) in [7, 11) is 0. The third kappa shape index (κ3) is 3.08. The molecule has 0 aliphatic rings. The first-order valence-electron chi connectivity index (χ1n) is 6.24. The minimum atomic E-state index is -0.468. The molecule has 0 radical (unpaired) electrons. The van der Waals surface area contributed by atoms with Gasteiger partial charge in [0.1, 0.15) is 6.61 Å². The van der Waals surface area contributed by atoms with Crippen LogP contribution in [-0.4, -0.2) is 25.1 Å². The zero-order chi connectivity index (χ0) is 14.5. The molecule has 8 heteroatoms. The SMILES string of the molecule is CCCn1nnnc1COc1cc(C)ccc1[N+](=O)[O-]. The molecule has 0 aliphatic carbocycles. The van der Waals surface area contributed by atoms with Crippen LogP contribution in [-0.2, 0) is 13.2 Å². The Hall–Kier alpha value is -2.51. The van der Waals surface area contributed by atoms with Crippen LogP contribution >= 0.6 is 0 Å². The van der Waals surface area contributed by atoms with Crippen molar-refractivity contribution in [3.63, 3.8) is 0 Å². The molecule has 2 rings (SSSR count). The average Bonchev–Trinajstić information content (AvgIpc) is 2.84. The van der Waals surface area contributed by atoms with Crippen LogP contribution in [0.3, 0.4) is 0 Å². The van der Waals surface area contributed by atoms with E-state index < -0.39 is 4.92 Å². The summed E-state index contributed by atoms with van der Waals surface area (Å²) in [6, 6.07) is 4.73. The van der Waals surface area contributed by atoms with Gasteiger partial charge in [-0.2, -0.15) is 0 Å². The van der Waals surface area contributed by atoms with E-state index in [1.54, 1.807) is 16.8 Å². The van der Waals surface area contributed by atoms with Crippen LogP contribution in [0, 0.1) is 17.0 Å². The number of aryl methyl sites for hydroxylation is 2. The van der Waals surface area contributed by atoms with Crippen LogP contribution in [0.5, 0.6) is 5.75 Å². The van der Waals surface area contributed by atoms with E-state index >= 15 is 0 Å². The van der Waals surface area contributed by atoms with Crippen molar-refractivity contribution in [1.82, 2.24) is 20.2 Å². The number of rotatable bonds is 6. The lowest BCUT2D eigenvalue weighted by Gasteiger charge is -2.07. The van der Waals surface area contributed by atoms with Gasteiger partial charge in [-0.15, -0.1) is 5.10 Å². The molecule has 0 aliphatic heterocycles. The number of benzene rings is 1. The summed E-state index contributed by atoms with van der Waals surface area (Å²) in [5.41, 5.74) is 0.823. The Balaban J connectivity index is 2.16.